The van der Waals surface area contributed by atoms with Crippen molar-refractivity contribution in [3.8, 4) is 11.5 Å². The first-order valence-electron chi connectivity index (χ1n) is 6.36. The van der Waals surface area contributed by atoms with Crippen LogP contribution in [0.1, 0.15) is 11.1 Å². The number of benzene rings is 2. The topological polar surface area (TPSA) is 62.5 Å². The number of phenols is 2. The number of rotatable bonds is 0. The molecule has 0 aliphatic rings. The molecular formula is C16H15NO3. The molecule has 1 heterocycles. The first-order chi connectivity index (χ1) is 9.40. The van der Waals surface area contributed by atoms with Gasteiger partial charge in [0.25, 0.3) is 5.56 Å². The summed E-state index contributed by atoms with van der Waals surface area (Å²) in [5.74, 6) is 0.284. The van der Waals surface area contributed by atoms with E-state index >= 15 is 0 Å². The smallest absolute Gasteiger partial charge is 0.258 e. The van der Waals surface area contributed by atoms with E-state index in [1.54, 1.807) is 20.0 Å². The molecule has 3 rings (SSSR count). The summed E-state index contributed by atoms with van der Waals surface area (Å²) in [5.41, 5.74) is 1.96. The molecule has 0 fully saturated rings. The van der Waals surface area contributed by atoms with Gasteiger partial charge in [-0.2, -0.15) is 0 Å². The van der Waals surface area contributed by atoms with Crippen molar-refractivity contribution in [2.45, 2.75) is 13.8 Å². The summed E-state index contributed by atoms with van der Waals surface area (Å²) in [6, 6.07) is 6.79. The molecule has 0 saturated heterocycles. The summed E-state index contributed by atoms with van der Waals surface area (Å²) in [5, 5.41) is 21.8. The third-order valence-electron chi connectivity index (χ3n) is 3.84. The third kappa shape index (κ3) is 1.58. The SMILES string of the molecule is Cc1cc2c(cc1O)c(=O)n(C)c1cc(O)c(C)cc21. The Morgan fingerprint density at radius 1 is 0.850 bits per heavy atom. The van der Waals surface area contributed by atoms with Crippen molar-refractivity contribution in [2.24, 2.45) is 7.05 Å². The predicted molar refractivity (Wildman–Crippen MR) is 79.5 cm³/mol. The fraction of sp³-hybridized carbons (Fsp3) is 0.188. The van der Waals surface area contributed by atoms with E-state index in [1.165, 1.54) is 10.6 Å². The van der Waals surface area contributed by atoms with E-state index in [-0.39, 0.29) is 17.1 Å². The number of aromatic nitrogens is 1. The number of fused-ring (bicyclic) bond motifs is 3. The van der Waals surface area contributed by atoms with Crippen LogP contribution >= 0.6 is 0 Å². The van der Waals surface area contributed by atoms with Gasteiger partial charge in [0.15, 0.2) is 0 Å². The second-order valence-corrected chi connectivity index (χ2v) is 5.20. The van der Waals surface area contributed by atoms with E-state index in [1.807, 2.05) is 19.1 Å². The molecule has 102 valence electrons. The molecule has 0 bridgehead atoms. The Hall–Kier alpha value is -2.49. The van der Waals surface area contributed by atoms with Gasteiger partial charge in [-0.1, -0.05) is 0 Å². The van der Waals surface area contributed by atoms with Crippen molar-refractivity contribution in [3.63, 3.8) is 0 Å². The highest BCUT2D eigenvalue weighted by Gasteiger charge is 2.12. The lowest BCUT2D eigenvalue weighted by atomic mass is 10.0. The van der Waals surface area contributed by atoms with Crippen LogP contribution in [0.5, 0.6) is 11.5 Å². The van der Waals surface area contributed by atoms with Crippen molar-refractivity contribution >= 4 is 21.7 Å². The molecule has 0 aliphatic heterocycles. The van der Waals surface area contributed by atoms with Crippen LogP contribution in [0.25, 0.3) is 21.7 Å². The first-order valence-corrected chi connectivity index (χ1v) is 6.36. The van der Waals surface area contributed by atoms with Gasteiger partial charge in [0.1, 0.15) is 11.5 Å². The summed E-state index contributed by atoms with van der Waals surface area (Å²) in [7, 11) is 1.66. The zero-order valence-corrected chi connectivity index (χ0v) is 11.6. The van der Waals surface area contributed by atoms with Crippen LogP contribution in [0.15, 0.2) is 29.1 Å². The fourth-order valence-electron chi connectivity index (χ4n) is 2.57. The summed E-state index contributed by atoms with van der Waals surface area (Å²) in [6.07, 6.45) is 0. The van der Waals surface area contributed by atoms with Crippen LogP contribution in [0.4, 0.5) is 0 Å². The molecule has 1 aromatic heterocycles. The number of hydrogen-bond acceptors (Lipinski definition) is 3. The average Bonchev–Trinajstić information content (AvgIpc) is 2.41. The fourth-order valence-corrected chi connectivity index (χ4v) is 2.57. The van der Waals surface area contributed by atoms with Crippen molar-refractivity contribution in [1.82, 2.24) is 4.57 Å². The van der Waals surface area contributed by atoms with Gasteiger partial charge in [-0.25, -0.2) is 0 Å². The largest absolute Gasteiger partial charge is 0.508 e. The zero-order chi connectivity index (χ0) is 14.6. The van der Waals surface area contributed by atoms with Gasteiger partial charge in [-0.05, 0) is 48.6 Å². The number of pyridine rings is 1. The van der Waals surface area contributed by atoms with Gasteiger partial charge in [0.2, 0.25) is 0 Å². The third-order valence-corrected chi connectivity index (χ3v) is 3.84. The maximum Gasteiger partial charge on any atom is 0.258 e. The van der Waals surface area contributed by atoms with Crippen LogP contribution in [-0.2, 0) is 7.05 Å². The summed E-state index contributed by atoms with van der Waals surface area (Å²) in [6.45, 7) is 3.62. The van der Waals surface area contributed by atoms with Crippen molar-refractivity contribution in [2.75, 3.05) is 0 Å². The van der Waals surface area contributed by atoms with Crippen LogP contribution < -0.4 is 5.56 Å². The van der Waals surface area contributed by atoms with E-state index in [0.29, 0.717) is 10.9 Å². The van der Waals surface area contributed by atoms with Crippen LogP contribution in [0, 0.1) is 13.8 Å². The Bertz CT molecular complexity index is 923. The highest BCUT2D eigenvalue weighted by atomic mass is 16.3. The maximum atomic E-state index is 12.4. The number of hydrogen-bond donors (Lipinski definition) is 2. The highest BCUT2D eigenvalue weighted by molar-refractivity contribution is 6.07. The zero-order valence-electron chi connectivity index (χ0n) is 11.6. The molecule has 0 spiro atoms. The normalized spacial score (nSPS) is 11.3. The lowest BCUT2D eigenvalue weighted by Crippen LogP contribution is -2.17. The van der Waals surface area contributed by atoms with Gasteiger partial charge in [0, 0.05) is 18.5 Å². The van der Waals surface area contributed by atoms with E-state index in [9.17, 15) is 15.0 Å². The molecule has 0 radical (unpaired) electrons. The Morgan fingerprint density at radius 3 is 2.05 bits per heavy atom. The standard InChI is InChI=1S/C16H15NO3/c1-8-4-10-11-5-9(2)15(19)7-13(11)17(3)16(20)12(10)6-14(8)18/h4-7,18-19H,1-3H3. The van der Waals surface area contributed by atoms with Gasteiger partial charge in [0.05, 0.1) is 10.9 Å². The quantitative estimate of drug-likeness (QED) is 0.617. The van der Waals surface area contributed by atoms with Gasteiger partial charge < -0.3 is 14.8 Å². The molecule has 0 unspecified atom stereocenters. The molecule has 0 saturated carbocycles. The Morgan fingerprint density at radius 2 is 1.40 bits per heavy atom. The van der Waals surface area contributed by atoms with Crippen LogP contribution in [0.3, 0.4) is 0 Å². The van der Waals surface area contributed by atoms with E-state index < -0.39 is 0 Å². The van der Waals surface area contributed by atoms with Crippen molar-refractivity contribution in [3.05, 3.63) is 45.7 Å². The molecule has 4 heteroatoms. The maximum absolute atomic E-state index is 12.4. The number of aromatic hydroxyl groups is 2. The second-order valence-electron chi connectivity index (χ2n) is 5.20. The minimum atomic E-state index is -0.189. The molecular weight excluding hydrogens is 254 g/mol. The van der Waals surface area contributed by atoms with Gasteiger partial charge in [-0.15, -0.1) is 0 Å². The molecule has 20 heavy (non-hydrogen) atoms. The highest BCUT2D eigenvalue weighted by Crippen LogP contribution is 2.31. The summed E-state index contributed by atoms with van der Waals surface area (Å²) >= 11 is 0. The van der Waals surface area contributed by atoms with Crippen molar-refractivity contribution in [1.29, 1.82) is 0 Å². The Labute approximate surface area is 115 Å². The Balaban J connectivity index is 2.68. The first kappa shape index (κ1) is 12.5. The number of phenolic OH excluding ortho intramolecular Hbond substituents is 2. The molecule has 2 N–H and O–H groups in total. The number of nitrogens with zero attached hydrogens (tertiary/aromatic N) is 1. The molecule has 2 aromatic carbocycles. The lowest BCUT2D eigenvalue weighted by molar-refractivity contribution is 0.471. The molecule has 0 amide bonds. The van der Waals surface area contributed by atoms with E-state index in [4.69, 9.17) is 0 Å². The van der Waals surface area contributed by atoms with E-state index in [0.717, 1.165) is 21.9 Å². The lowest BCUT2D eigenvalue weighted by Gasteiger charge is -2.12. The molecule has 3 aromatic rings. The monoisotopic (exact) mass is 269 g/mol. The van der Waals surface area contributed by atoms with Gasteiger partial charge in [-0.3, -0.25) is 4.79 Å². The summed E-state index contributed by atoms with van der Waals surface area (Å²) in [4.78, 5) is 12.4. The molecule has 0 atom stereocenters. The van der Waals surface area contributed by atoms with Crippen molar-refractivity contribution < 1.29 is 10.2 Å². The van der Waals surface area contributed by atoms with E-state index in [2.05, 4.69) is 0 Å². The average molecular weight is 269 g/mol. The number of aryl methyl sites for hydroxylation is 3. The van der Waals surface area contributed by atoms with Crippen LogP contribution in [-0.4, -0.2) is 14.8 Å². The van der Waals surface area contributed by atoms with Gasteiger partial charge >= 0.3 is 0 Å². The minimum Gasteiger partial charge on any atom is -0.508 e. The molecule has 0 aliphatic carbocycles. The molecule has 4 nitrogen and oxygen atoms in total. The minimum absolute atomic E-state index is 0.115. The van der Waals surface area contributed by atoms with Crippen LogP contribution in [0.2, 0.25) is 0 Å². The summed E-state index contributed by atoms with van der Waals surface area (Å²) < 4.78 is 1.49. The Kier molecular flexibility index (Phi) is 2.51. The predicted octanol–water partition coefficient (Wildman–Crippen LogP) is 2.72. The second kappa shape index (κ2) is 4.00.